The van der Waals surface area contributed by atoms with E-state index in [9.17, 15) is 65.3 Å². The number of fused-ring (bicyclic) bond motifs is 2. The van der Waals surface area contributed by atoms with Gasteiger partial charge in [-0.05, 0) is 130 Å². The van der Waals surface area contributed by atoms with E-state index in [-0.39, 0.29) is 48.8 Å². The first kappa shape index (κ1) is 58.2. The fourth-order valence-corrected chi connectivity index (χ4v) is 9.83. The lowest BCUT2D eigenvalue weighted by atomic mass is 10.0. The molecule has 0 unspecified atom stereocenters. The molecule has 0 heterocycles. The molecular weight excluding hydrogens is 1110 g/mol. The first-order chi connectivity index (χ1) is 39.5. The third-order valence-corrected chi connectivity index (χ3v) is 14.3. The van der Waals surface area contributed by atoms with E-state index in [1.54, 1.807) is 109 Å². The minimum absolute atomic E-state index is 0.0422. The maximum absolute atomic E-state index is 13.0. The molecule has 0 aromatic heterocycles. The summed E-state index contributed by atoms with van der Waals surface area (Å²) in [4.78, 5) is 67.8. The highest BCUT2D eigenvalue weighted by atomic mass is 32.2. The molecule has 0 saturated carbocycles. The minimum atomic E-state index is -4.51. The van der Waals surface area contributed by atoms with Crippen LogP contribution in [0.25, 0.3) is 43.8 Å². The van der Waals surface area contributed by atoms with E-state index in [0.29, 0.717) is 39.0 Å². The second-order valence-electron chi connectivity index (χ2n) is 17.9. The number of hydrogen-bond acceptors (Lipinski definition) is 13. The molecule has 10 aromatic rings. The number of non-ortho nitro benzene ring substituents is 2. The van der Waals surface area contributed by atoms with Crippen LogP contribution in [0.3, 0.4) is 0 Å². The van der Waals surface area contributed by atoms with Gasteiger partial charge in [-0.25, -0.2) is 4.79 Å². The van der Waals surface area contributed by atoms with Crippen molar-refractivity contribution in [2.24, 2.45) is 0 Å². The lowest BCUT2D eigenvalue weighted by Gasteiger charge is -2.12. The van der Waals surface area contributed by atoms with Crippen molar-refractivity contribution >= 4 is 99.6 Å². The third-order valence-electron chi connectivity index (χ3n) is 12.5. The molecule has 0 bridgehead atoms. The number of nitro groups is 2. The van der Waals surface area contributed by atoms with Crippen molar-refractivity contribution in [1.82, 2.24) is 0 Å². The SMILES string of the molecule is Nc1ccc(-c2ccc(C(=O)Nc3cccc4cccc(S(=O)(=O)O)c34)cc2)cc1.O=C(Nc1ccc(-c2ccc(C(=O)Nc3cccc4cccc(S(=O)(=O)O)c34)cc2)cc1)c1ccc([N+](=O)[O-])cc1.O=C(O)c1ccc([N+](=O)[O-])cc1. The number of nitro benzene ring substituents is 2. The molecule has 416 valence electrons. The number of aromatic carboxylic acids is 1. The maximum Gasteiger partial charge on any atom is 0.335 e. The number of nitrogens with two attached hydrogens (primary N) is 1. The van der Waals surface area contributed by atoms with Gasteiger partial charge >= 0.3 is 5.97 Å². The van der Waals surface area contributed by atoms with Crippen molar-refractivity contribution in [3.63, 3.8) is 0 Å². The summed E-state index contributed by atoms with van der Waals surface area (Å²) >= 11 is 0. The Morgan fingerprint density at radius 2 is 0.699 bits per heavy atom. The summed E-state index contributed by atoms with van der Waals surface area (Å²) in [6, 6.07) is 57.2. The first-order valence-corrected chi connectivity index (χ1v) is 27.2. The van der Waals surface area contributed by atoms with Gasteiger partial charge in [0.2, 0.25) is 0 Å². The zero-order valence-corrected chi connectivity index (χ0v) is 44.4. The molecule has 83 heavy (non-hydrogen) atoms. The van der Waals surface area contributed by atoms with Crippen LogP contribution in [0.5, 0.6) is 0 Å². The average Bonchev–Trinajstić information content (AvgIpc) is 3.64. The Hall–Kier alpha value is -11.0. The smallest absolute Gasteiger partial charge is 0.335 e. The summed E-state index contributed by atoms with van der Waals surface area (Å²) in [5.74, 6) is -2.35. The molecule has 0 aliphatic rings. The molecule has 10 aromatic carbocycles. The molecule has 0 aliphatic carbocycles. The van der Waals surface area contributed by atoms with E-state index in [1.165, 1.54) is 60.7 Å². The third kappa shape index (κ3) is 14.4. The van der Waals surface area contributed by atoms with Gasteiger partial charge < -0.3 is 26.8 Å². The number of carbonyl (C=O) groups excluding carboxylic acids is 3. The van der Waals surface area contributed by atoms with Crippen LogP contribution in [0.2, 0.25) is 0 Å². The predicted octanol–water partition coefficient (Wildman–Crippen LogP) is 12.0. The Bertz CT molecular complexity index is 4310. The van der Waals surface area contributed by atoms with Crippen LogP contribution in [0.4, 0.5) is 34.1 Å². The van der Waals surface area contributed by atoms with Crippen molar-refractivity contribution in [3.8, 4) is 22.3 Å². The van der Waals surface area contributed by atoms with Crippen molar-refractivity contribution in [2.45, 2.75) is 9.79 Å². The summed E-state index contributed by atoms with van der Waals surface area (Å²) < 4.78 is 66.6. The van der Waals surface area contributed by atoms with Crippen molar-refractivity contribution < 1.29 is 60.1 Å². The van der Waals surface area contributed by atoms with E-state index < -0.39 is 53.8 Å². The van der Waals surface area contributed by atoms with Crippen LogP contribution >= 0.6 is 0 Å². The van der Waals surface area contributed by atoms with Crippen LogP contribution in [0, 0.1) is 20.2 Å². The Kier molecular flexibility index (Phi) is 17.5. The number of carboxylic acids is 1. The number of carboxylic acid groups (broad SMARTS) is 1. The predicted molar refractivity (Wildman–Crippen MR) is 313 cm³/mol. The lowest BCUT2D eigenvalue weighted by molar-refractivity contribution is -0.385. The molecule has 0 atom stereocenters. The largest absolute Gasteiger partial charge is 0.478 e. The van der Waals surface area contributed by atoms with Crippen LogP contribution in [0.15, 0.2) is 228 Å². The van der Waals surface area contributed by atoms with Crippen LogP contribution in [-0.2, 0) is 20.2 Å². The van der Waals surface area contributed by atoms with Gasteiger partial charge in [0, 0.05) is 63.1 Å². The molecule has 0 saturated heterocycles. The quantitative estimate of drug-likeness (QED) is 0.0244. The molecule has 0 aliphatic heterocycles. The monoisotopic (exact) mass is 1150 g/mol. The summed E-state index contributed by atoms with van der Waals surface area (Å²) in [6.45, 7) is 0. The van der Waals surface area contributed by atoms with Crippen molar-refractivity contribution in [3.05, 3.63) is 261 Å². The molecule has 3 amide bonds. The molecular formula is C60H44N6O15S2. The number of carbonyl (C=O) groups is 4. The number of hydrogen-bond donors (Lipinski definition) is 7. The molecule has 21 nitrogen and oxygen atoms in total. The standard InChI is InChI=1S/C30H21N3O7S.C23H18N2O4S.C7H5NO4/c34-29(23-13-17-25(18-14-23)33(36)37)31-24-15-11-20(12-16-24)19-7-9-22(10-8-19)30(35)32-26-5-1-3-21-4-2-6-27(28(21)26)41(38,39)40;24-19-13-11-16(12-14-19)15-7-9-18(10-8-15)23(26)25-20-5-1-3-17-4-2-6-21(22(17)20)30(27,28)29;9-7(10)5-1-3-6(4-2-5)8(11)12/h1-18H,(H,31,34)(H,32,35)(H,38,39,40);1-14H,24H2,(H,25,26)(H,27,28,29);1-4H,(H,9,10). The average molecular weight is 1150 g/mol. The van der Waals surface area contributed by atoms with Crippen molar-refractivity contribution in [2.75, 3.05) is 21.7 Å². The van der Waals surface area contributed by atoms with E-state index in [0.717, 1.165) is 34.4 Å². The zero-order chi connectivity index (χ0) is 59.6. The molecule has 0 radical (unpaired) electrons. The van der Waals surface area contributed by atoms with Gasteiger partial charge in [-0.1, -0.05) is 97.1 Å². The molecule has 0 spiro atoms. The number of anilines is 4. The summed E-state index contributed by atoms with van der Waals surface area (Å²) in [5, 5.41) is 39.2. The Labute approximate surface area is 472 Å². The highest BCUT2D eigenvalue weighted by molar-refractivity contribution is 7.86. The summed E-state index contributed by atoms with van der Waals surface area (Å²) in [6.07, 6.45) is 0. The highest BCUT2D eigenvalue weighted by Gasteiger charge is 2.20. The fraction of sp³-hybridized carbons (Fsp3) is 0. The van der Waals surface area contributed by atoms with Crippen LogP contribution < -0.4 is 21.7 Å². The Morgan fingerprint density at radius 3 is 1.04 bits per heavy atom. The first-order valence-electron chi connectivity index (χ1n) is 24.4. The van der Waals surface area contributed by atoms with Gasteiger partial charge in [-0.3, -0.25) is 43.7 Å². The maximum atomic E-state index is 13.0. The molecule has 10 rings (SSSR count). The van der Waals surface area contributed by atoms with E-state index >= 15 is 0 Å². The second kappa shape index (κ2) is 25.0. The second-order valence-corrected chi connectivity index (χ2v) is 20.7. The van der Waals surface area contributed by atoms with E-state index in [1.807, 2.05) is 36.4 Å². The van der Waals surface area contributed by atoms with Gasteiger partial charge in [-0.2, -0.15) is 16.8 Å². The van der Waals surface area contributed by atoms with Crippen LogP contribution in [0.1, 0.15) is 41.4 Å². The van der Waals surface area contributed by atoms with Gasteiger partial charge in [0.05, 0.1) is 26.8 Å². The number of nitrogens with one attached hydrogen (secondary N) is 3. The molecule has 8 N–H and O–H groups in total. The fourth-order valence-electron chi connectivity index (χ4n) is 8.35. The number of benzene rings is 10. The highest BCUT2D eigenvalue weighted by Crippen LogP contribution is 2.33. The minimum Gasteiger partial charge on any atom is -0.478 e. The van der Waals surface area contributed by atoms with E-state index in [4.69, 9.17) is 10.8 Å². The van der Waals surface area contributed by atoms with E-state index in [2.05, 4.69) is 16.0 Å². The molecule has 0 fully saturated rings. The van der Waals surface area contributed by atoms with Gasteiger partial charge in [-0.15, -0.1) is 0 Å². The Morgan fingerprint density at radius 1 is 0.398 bits per heavy atom. The number of nitrogen functional groups attached to an aromatic ring is 1. The van der Waals surface area contributed by atoms with Gasteiger partial charge in [0.1, 0.15) is 9.79 Å². The number of nitrogens with zero attached hydrogens (tertiary/aromatic N) is 2. The van der Waals surface area contributed by atoms with Crippen LogP contribution in [-0.4, -0.2) is 64.6 Å². The normalized spacial score (nSPS) is 11.0. The van der Waals surface area contributed by atoms with Crippen molar-refractivity contribution in [1.29, 1.82) is 0 Å². The summed E-state index contributed by atoms with van der Waals surface area (Å²) in [7, 11) is -8.97. The number of amides is 3. The van der Waals surface area contributed by atoms with Gasteiger partial charge in [0.15, 0.2) is 0 Å². The topological polar surface area (TPSA) is 346 Å². The number of rotatable bonds is 13. The Balaban J connectivity index is 0.000000186. The molecule has 23 heteroatoms. The summed E-state index contributed by atoms with van der Waals surface area (Å²) in [5.41, 5.74) is 11.9. The van der Waals surface area contributed by atoms with Gasteiger partial charge in [0.25, 0.3) is 49.3 Å². The lowest BCUT2D eigenvalue weighted by Crippen LogP contribution is -2.13. The zero-order valence-electron chi connectivity index (χ0n) is 42.8.